The molecule has 0 aromatic carbocycles. The molecule has 0 amide bonds. The molecule has 17 heavy (non-hydrogen) atoms. The number of hydrogen-bond acceptors (Lipinski definition) is 5. The summed E-state index contributed by atoms with van der Waals surface area (Å²) in [6, 6.07) is 1.42. The molecule has 0 saturated carbocycles. The average molecular weight is 374 g/mol. The van der Waals surface area contributed by atoms with Gasteiger partial charge < -0.3 is 0 Å². The van der Waals surface area contributed by atoms with Gasteiger partial charge in [0.1, 0.15) is 4.21 Å². The summed E-state index contributed by atoms with van der Waals surface area (Å²) in [4.78, 5) is 4.00. The molecular weight excluding hydrogens is 368 g/mol. The Balaban J connectivity index is 2.14. The third kappa shape index (κ3) is 3.27. The van der Waals surface area contributed by atoms with E-state index in [4.69, 9.17) is 11.6 Å². The van der Waals surface area contributed by atoms with Gasteiger partial charge >= 0.3 is 0 Å². The van der Waals surface area contributed by atoms with Crippen molar-refractivity contribution in [2.45, 2.75) is 10.8 Å². The number of hydrogen-bond donors (Lipinski definition) is 1. The summed E-state index contributed by atoms with van der Waals surface area (Å²) in [7, 11) is -3.52. The van der Waals surface area contributed by atoms with Gasteiger partial charge in [-0.2, -0.15) is 0 Å². The number of aromatic nitrogens is 1. The van der Waals surface area contributed by atoms with Crippen molar-refractivity contribution >= 4 is 60.2 Å². The average Bonchev–Trinajstić information content (AvgIpc) is 2.87. The SMILES string of the molecule is O=S(=O)(NCc1cscn1)c1cc(Cl)c(Br)s1. The van der Waals surface area contributed by atoms with E-state index in [0.29, 0.717) is 14.5 Å². The summed E-state index contributed by atoms with van der Waals surface area (Å²) < 4.78 is 27.0. The predicted molar refractivity (Wildman–Crippen MR) is 73.2 cm³/mol. The highest BCUT2D eigenvalue weighted by atomic mass is 79.9. The first kappa shape index (κ1) is 13.4. The number of thiazole rings is 1. The fraction of sp³-hybridized carbons (Fsp3) is 0.125. The van der Waals surface area contributed by atoms with Crippen LogP contribution in [0.25, 0.3) is 0 Å². The molecule has 4 nitrogen and oxygen atoms in total. The molecule has 0 atom stereocenters. The number of halogens is 2. The second-order valence-corrected chi connectivity index (χ2v) is 8.48. The zero-order valence-electron chi connectivity index (χ0n) is 8.18. The highest BCUT2D eigenvalue weighted by Crippen LogP contribution is 2.34. The Bertz CT molecular complexity index is 589. The Labute approximate surface area is 120 Å². The first-order valence-corrected chi connectivity index (χ1v) is 8.72. The van der Waals surface area contributed by atoms with Crippen LogP contribution in [-0.2, 0) is 16.6 Å². The highest BCUT2D eigenvalue weighted by Gasteiger charge is 2.18. The molecule has 0 saturated heterocycles. The van der Waals surface area contributed by atoms with E-state index < -0.39 is 10.0 Å². The quantitative estimate of drug-likeness (QED) is 0.896. The maximum absolute atomic E-state index is 11.9. The van der Waals surface area contributed by atoms with Crippen LogP contribution >= 0.6 is 50.2 Å². The Hall–Kier alpha value is 0.01000. The fourth-order valence-electron chi connectivity index (χ4n) is 1.02. The van der Waals surface area contributed by atoms with E-state index >= 15 is 0 Å². The van der Waals surface area contributed by atoms with Gasteiger partial charge in [-0.05, 0) is 22.0 Å². The lowest BCUT2D eigenvalue weighted by atomic mass is 10.5. The molecule has 0 aliphatic carbocycles. The van der Waals surface area contributed by atoms with Crippen molar-refractivity contribution in [2.75, 3.05) is 0 Å². The zero-order valence-corrected chi connectivity index (χ0v) is 13.0. The van der Waals surface area contributed by atoms with E-state index in [1.165, 1.54) is 17.4 Å². The van der Waals surface area contributed by atoms with Gasteiger partial charge in [0.2, 0.25) is 10.0 Å². The molecule has 2 aromatic heterocycles. The summed E-state index contributed by atoms with van der Waals surface area (Å²) in [5.74, 6) is 0. The summed E-state index contributed by atoms with van der Waals surface area (Å²) in [6.07, 6.45) is 0. The predicted octanol–water partition coefficient (Wildman–Crippen LogP) is 3.10. The summed E-state index contributed by atoms with van der Waals surface area (Å²) >= 11 is 11.5. The van der Waals surface area contributed by atoms with Crippen LogP contribution < -0.4 is 4.72 Å². The van der Waals surface area contributed by atoms with Crippen molar-refractivity contribution in [2.24, 2.45) is 0 Å². The molecule has 9 heteroatoms. The monoisotopic (exact) mass is 372 g/mol. The maximum Gasteiger partial charge on any atom is 0.250 e. The topological polar surface area (TPSA) is 59.1 Å². The second-order valence-electron chi connectivity index (χ2n) is 2.99. The molecule has 0 spiro atoms. The molecule has 92 valence electrons. The smallest absolute Gasteiger partial charge is 0.248 e. The van der Waals surface area contributed by atoms with Crippen molar-refractivity contribution in [1.82, 2.24) is 9.71 Å². The third-order valence-corrected chi connectivity index (χ3v) is 6.80. The third-order valence-electron chi connectivity index (χ3n) is 1.81. The van der Waals surface area contributed by atoms with Gasteiger partial charge in [0.25, 0.3) is 0 Å². The highest BCUT2D eigenvalue weighted by molar-refractivity contribution is 9.11. The van der Waals surface area contributed by atoms with Crippen LogP contribution in [-0.4, -0.2) is 13.4 Å². The van der Waals surface area contributed by atoms with Crippen molar-refractivity contribution in [3.8, 4) is 0 Å². The maximum atomic E-state index is 11.9. The number of rotatable bonds is 4. The summed E-state index contributed by atoms with van der Waals surface area (Å²) in [5.41, 5.74) is 2.35. The van der Waals surface area contributed by atoms with Crippen LogP contribution in [0.1, 0.15) is 5.69 Å². The normalized spacial score (nSPS) is 11.9. The van der Waals surface area contributed by atoms with E-state index in [-0.39, 0.29) is 10.8 Å². The number of nitrogens with one attached hydrogen (secondary N) is 1. The van der Waals surface area contributed by atoms with Gasteiger partial charge in [-0.15, -0.1) is 22.7 Å². The molecule has 1 N–H and O–H groups in total. The molecule has 0 aliphatic rings. The van der Waals surface area contributed by atoms with Crippen molar-refractivity contribution < 1.29 is 8.42 Å². The lowest BCUT2D eigenvalue weighted by Crippen LogP contribution is -2.22. The van der Waals surface area contributed by atoms with E-state index in [9.17, 15) is 8.42 Å². The largest absolute Gasteiger partial charge is 0.250 e. The van der Waals surface area contributed by atoms with Gasteiger partial charge in [-0.3, -0.25) is 0 Å². The molecule has 0 unspecified atom stereocenters. The minimum Gasteiger partial charge on any atom is -0.248 e. The van der Waals surface area contributed by atoms with Crippen LogP contribution in [0.2, 0.25) is 5.02 Å². The molecule has 0 aliphatic heterocycles. The van der Waals surface area contributed by atoms with Crippen LogP contribution in [0.5, 0.6) is 0 Å². The van der Waals surface area contributed by atoms with Crippen LogP contribution in [0.15, 0.2) is 25.0 Å². The van der Waals surface area contributed by atoms with Crippen molar-refractivity contribution in [3.63, 3.8) is 0 Å². The van der Waals surface area contributed by atoms with Gasteiger partial charge in [-0.1, -0.05) is 11.6 Å². The van der Waals surface area contributed by atoms with Crippen molar-refractivity contribution in [3.05, 3.63) is 31.5 Å². The van der Waals surface area contributed by atoms with Gasteiger partial charge in [-0.25, -0.2) is 18.1 Å². The van der Waals surface area contributed by atoms with Crippen LogP contribution in [0, 0.1) is 0 Å². The molecule has 0 fully saturated rings. The zero-order chi connectivity index (χ0) is 12.5. The molecular formula is C8H6BrClN2O2S3. The molecule has 2 aromatic rings. The Morgan fingerprint density at radius 2 is 2.29 bits per heavy atom. The first-order chi connectivity index (χ1) is 7.99. The van der Waals surface area contributed by atoms with Gasteiger partial charge in [0, 0.05) is 5.38 Å². The Morgan fingerprint density at radius 3 is 2.82 bits per heavy atom. The Kier molecular flexibility index (Phi) is 4.22. The van der Waals surface area contributed by atoms with Gasteiger partial charge in [0.05, 0.1) is 26.6 Å². The summed E-state index contributed by atoms with van der Waals surface area (Å²) in [5, 5.41) is 2.18. The lowest BCUT2D eigenvalue weighted by molar-refractivity contribution is 0.583. The number of thiophene rings is 1. The minimum absolute atomic E-state index is 0.180. The van der Waals surface area contributed by atoms with Gasteiger partial charge in [0.15, 0.2) is 0 Å². The second kappa shape index (κ2) is 5.33. The standard InChI is InChI=1S/C8H6BrClN2O2S3/c9-8-6(10)1-7(16-8)17(13,14)12-2-5-3-15-4-11-5/h1,3-4,12H,2H2. The minimum atomic E-state index is -3.52. The Morgan fingerprint density at radius 1 is 1.53 bits per heavy atom. The van der Waals surface area contributed by atoms with Crippen molar-refractivity contribution in [1.29, 1.82) is 0 Å². The molecule has 2 heterocycles. The van der Waals surface area contributed by atoms with E-state index in [0.717, 1.165) is 11.3 Å². The molecule has 0 radical (unpaired) electrons. The lowest BCUT2D eigenvalue weighted by Gasteiger charge is -2.01. The molecule has 0 bridgehead atoms. The number of nitrogens with zero attached hydrogens (tertiary/aromatic N) is 1. The number of sulfonamides is 1. The van der Waals surface area contributed by atoms with E-state index in [1.807, 2.05) is 0 Å². The van der Waals surface area contributed by atoms with E-state index in [1.54, 1.807) is 10.9 Å². The molecule has 2 rings (SSSR count). The fourth-order valence-corrected chi connectivity index (χ4v) is 5.02. The van der Waals surface area contributed by atoms with E-state index in [2.05, 4.69) is 25.6 Å². The first-order valence-electron chi connectivity index (χ1n) is 4.30. The van der Waals surface area contributed by atoms with Crippen LogP contribution in [0.3, 0.4) is 0 Å². The van der Waals surface area contributed by atoms with Crippen LogP contribution in [0.4, 0.5) is 0 Å². The summed E-state index contributed by atoms with van der Waals surface area (Å²) in [6.45, 7) is 0.180.